The van der Waals surface area contributed by atoms with Crippen LogP contribution in [0, 0.1) is 29.0 Å². The topological polar surface area (TPSA) is 40.9 Å². The van der Waals surface area contributed by atoms with Crippen molar-refractivity contribution in [1.82, 2.24) is 0 Å². The smallest absolute Gasteiger partial charge is 0.141 e. The van der Waals surface area contributed by atoms with E-state index >= 15 is 0 Å². The van der Waals surface area contributed by atoms with Crippen LogP contribution in [0.3, 0.4) is 0 Å². The Labute approximate surface area is 132 Å². The highest BCUT2D eigenvalue weighted by molar-refractivity contribution is 7.85. The molecule has 2 nitrogen and oxygen atoms in total. The second-order valence-electron chi connectivity index (χ2n) is 5.62. The van der Waals surface area contributed by atoms with Gasteiger partial charge in [0.05, 0.1) is 33.1 Å². The minimum Gasteiger partial charge on any atom is -0.254 e. The second-order valence-corrected chi connectivity index (χ2v) is 7.69. The molecule has 0 heterocycles. The molecule has 0 aliphatic heterocycles. The minimum atomic E-state index is -1.32. The lowest BCUT2D eigenvalue weighted by Crippen LogP contribution is -2.32. The lowest BCUT2D eigenvalue weighted by atomic mass is 9.80. The molecule has 21 heavy (non-hydrogen) atoms. The molecular weight excluding hydrogens is 309 g/mol. The SMILES string of the molecule is CCCC1CCC(C#N)C(S(=O)c2ccc(F)c(Cl)c2)C1. The zero-order valence-electron chi connectivity index (χ0n) is 12.0. The fourth-order valence-electron chi connectivity index (χ4n) is 3.04. The zero-order valence-corrected chi connectivity index (χ0v) is 13.6. The van der Waals surface area contributed by atoms with Crippen LogP contribution in [0.1, 0.15) is 39.0 Å². The zero-order chi connectivity index (χ0) is 15.4. The molecule has 1 aliphatic rings. The summed E-state index contributed by atoms with van der Waals surface area (Å²) >= 11 is 5.77. The molecule has 4 unspecified atom stereocenters. The molecule has 0 amide bonds. The van der Waals surface area contributed by atoms with Crippen LogP contribution in [0.15, 0.2) is 23.1 Å². The van der Waals surface area contributed by atoms with E-state index in [2.05, 4.69) is 13.0 Å². The quantitative estimate of drug-likeness (QED) is 0.804. The molecule has 0 saturated heterocycles. The average Bonchev–Trinajstić information content (AvgIpc) is 2.49. The highest BCUT2D eigenvalue weighted by Crippen LogP contribution is 2.36. The summed E-state index contributed by atoms with van der Waals surface area (Å²) in [6.45, 7) is 2.14. The predicted octanol–water partition coefficient (Wildman–Crippen LogP) is 4.70. The molecule has 1 saturated carbocycles. The molecule has 1 aliphatic carbocycles. The third-order valence-electron chi connectivity index (χ3n) is 4.16. The van der Waals surface area contributed by atoms with Gasteiger partial charge in [0.25, 0.3) is 0 Å². The van der Waals surface area contributed by atoms with E-state index in [0.29, 0.717) is 10.8 Å². The Hall–Kier alpha value is -0.920. The highest BCUT2D eigenvalue weighted by atomic mass is 35.5. The number of nitrogens with zero attached hydrogens (tertiary/aromatic N) is 1. The monoisotopic (exact) mass is 327 g/mol. The molecule has 2 rings (SSSR count). The molecule has 0 spiro atoms. The highest BCUT2D eigenvalue weighted by Gasteiger charge is 2.34. The molecule has 114 valence electrons. The van der Waals surface area contributed by atoms with Gasteiger partial charge in [-0.15, -0.1) is 0 Å². The van der Waals surface area contributed by atoms with Crippen LogP contribution in [0.2, 0.25) is 5.02 Å². The maximum absolute atomic E-state index is 13.2. The number of benzene rings is 1. The number of rotatable bonds is 4. The molecule has 0 bridgehead atoms. The van der Waals surface area contributed by atoms with Gasteiger partial charge in [0.2, 0.25) is 0 Å². The van der Waals surface area contributed by atoms with Crippen molar-refractivity contribution in [2.45, 2.75) is 49.2 Å². The Balaban J connectivity index is 2.21. The third-order valence-corrected chi connectivity index (χ3v) is 6.24. The van der Waals surface area contributed by atoms with Gasteiger partial charge in [-0.2, -0.15) is 5.26 Å². The summed E-state index contributed by atoms with van der Waals surface area (Å²) in [5.41, 5.74) is 0. The van der Waals surface area contributed by atoms with Gasteiger partial charge in [0.1, 0.15) is 5.82 Å². The summed E-state index contributed by atoms with van der Waals surface area (Å²) in [6, 6.07) is 6.46. The Morgan fingerprint density at radius 1 is 1.48 bits per heavy atom. The third kappa shape index (κ3) is 3.84. The van der Waals surface area contributed by atoms with Gasteiger partial charge in [0.15, 0.2) is 0 Å². The summed E-state index contributed by atoms with van der Waals surface area (Å²) in [7, 11) is -1.32. The van der Waals surface area contributed by atoms with Gasteiger partial charge >= 0.3 is 0 Å². The lowest BCUT2D eigenvalue weighted by molar-refractivity contribution is 0.303. The molecular formula is C16H19ClFNOS. The first kappa shape index (κ1) is 16.5. The van der Waals surface area contributed by atoms with Crippen molar-refractivity contribution in [2.24, 2.45) is 11.8 Å². The van der Waals surface area contributed by atoms with Gasteiger partial charge in [-0.25, -0.2) is 4.39 Å². The van der Waals surface area contributed by atoms with Crippen LogP contribution in [0.5, 0.6) is 0 Å². The standard InChI is InChI=1S/C16H19ClFNOS/c1-2-3-11-4-5-12(10-19)16(8-11)21(20)13-6-7-15(18)14(17)9-13/h6-7,9,11-12,16H,2-5,8H2,1H3. The van der Waals surface area contributed by atoms with Crippen molar-refractivity contribution in [3.05, 3.63) is 29.0 Å². The van der Waals surface area contributed by atoms with Crippen LogP contribution in [0.4, 0.5) is 4.39 Å². The van der Waals surface area contributed by atoms with Crippen LogP contribution in [0.25, 0.3) is 0 Å². The second kappa shape index (κ2) is 7.38. The largest absolute Gasteiger partial charge is 0.254 e. The van der Waals surface area contributed by atoms with E-state index in [4.69, 9.17) is 11.6 Å². The molecule has 0 N–H and O–H groups in total. The van der Waals surface area contributed by atoms with Crippen LogP contribution >= 0.6 is 11.6 Å². The molecule has 4 atom stereocenters. The van der Waals surface area contributed by atoms with E-state index in [1.54, 1.807) is 0 Å². The fraction of sp³-hybridized carbons (Fsp3) is 0.562. The van der Waals surface area contributed by atoms with E-state index in [-0.39, 0.29) is 16.2 Å². The first-order chi connectivity index (χ1) is 10.1. The normalized spacial score (nSPS) is 27.0. The summed E-state index contributed by atoms with van der Waals surface area (Å²) < 4.78 is 26.0. The Kier molecular flexibility index (Phi) is 5.78. The van der Waals surface area contributed by atoms with Crippen molar-refractivity contribution in [2.75, 3.05) is 0 Å². The van der Waals surface area contributed by atoms with E-state index in [1.807, 2.05) is 0 Å². The molecule has 1 aromatic carbocycles. The van der Waals surface area contributed by atoms with Crippen LogP contribution < -0.4 is 0 Å². The Morgan fingerprint density at radius 3 is 2.86 bits per heavy atom. The minimum absolute atomic E-state index is 0.0183. The van der Waals surface area contributed by atoms with Gasteiger partial charge in [-0.05, 0) is 43.4 Å². The maximum Gasteiger partial charge on any atom is 0.141 e. The van der Waals surface area contributed by atoms with Gasteiger partial charge in [0, 0.05) is 4.90 Å². The van der Waals surface area contributed by atoms with Gasteiger partial charge in [-0.1, -0.05) is 31.4 Å². The van der Waals surface area contributed by atoms with Crippen molar-refractivity contribution in [3.8, 4) is 6.07 Å². The molecule has 5 heteroatoms. The van der Waals surface area contributed by atoms with Gasteiger partial charge < -0.3 is 0 Å². The first-order valence-electron chi connectivity index (χ1n) is 7.32. The summed E-state index contributed by atoms with van der Waals surface area (Å²) in [5, 5.41) is 9.10. The van der Waals surface area contributed by atoms with E-state index in [0.717, 1.165) is 32.1 Å². The first-order valence-corrected chi connectivity index (χ1v) is 8.91. The number of hydrogen-bond acceptors (Lipinski definition) is 2. The maximum atomic E-state index is 13.2. The summed E-state index contributed by atoms with van der Waals surface area (Å²) in [4.78, 5) is 0.517. The van der Waals surface area contributed by atoms with Crippen molar-refractivity contribution in [1.29, 1.82) is 5.26 Å². The van der Waals surface area contributed by atoms with Crippen molar-refractivity contribution >= 4 is 22.4 Å². The van der Waals surface area contributed by atoms with Crippen LogP contribution in [-0.2, 0) is 10.8 Å². The number of nitriles is 1. The molecule has 0 aromatic heterocycles. The number of hydrogen-bond donors (Lipinski definition) is 0. The molecule has 1 aromatic rings. The van der Waals surface area contributed by atoms with Crippen molar-refractivity contribution in [3.63, 3.8) is 0 Å². The number of halogens is 2. The summed E-state index contributed by atoms with van der Waals surface area (Å²) in [6.07, 6.45) is 4.84. The fourth-order valence-corrected chi connectivity index (χ4v) is 5.02. The average molecular weight is 328 g/mol. The van der Waals surface area contributed by atoms with Crippen LogP contribution in [-0.4, -0.2) is 9.46 Å². The molecule has 0 radical (unpaired) electrons. The Bertz CT molecular complexity index is 572. The van der Waals surface area contributed by atoms with E-state index in [1.165, 1.54) is 18.2 Å². The Morgan fingerprint density at radius 2 is 2.24 bits per heavy atom. The predicted molar refractivity (Wildman–Crippen MR) is 83.0 cm³/mol. The van der Waals surface area contributed by atoms with Crippen molar-refractivity contribution < 1.29 is 8.60 Å². The summed E-state index contributed by atoms with van der Waals surface area (Å²) in [5.74, 6) is -0.172. The van der Waals surface area contributed by atoms with Gasteiger partial charge in [-0.3, -0.25) is 4.21 Å². The molecule has 1 fully saturated rings. The van der Waals surface area contributed by atoms with E-state index < -0.39 is 16.6 Å². The lowest BCUT2D eigenvalue weighted by Gasteiger charge is -2.32. The van der Waals surface area contributed by atoms with E-state index in [9.17, 15) is 13.9 Å².